The molecule has 21 nitrogen and oxygen atoms in total. The van der Waals surface area contributed by atoms with Crippen LogP contribution in [0.5, 0.6) is 0 Å². The average Bonchev–Trinajstić information content (AvgIpc) is 3.38. The number of ketones is 2. The van der Waals surface area contributed by atoms with Gasteiger partial charge in [-0.05, 0) is 75.7 Å². The van der Waals surface area contributed by atoms with Gasteiger partial charge in [-0.1, -0.05) is 86.3 Å². The van der Waals surface area contributed by atoms with E-state index in [1.165, 1.54) is 44.7 Å². The molecule has 0 aliphatic carbocycles. The van der Waals surface area contributed by atoms with Gasteiger partial charge in [-0.25, -0.2) is 9.59 Å². The molecule has 2 aromatic rings. The van der Waals surface area contributed by atoms with E-state index in [0.29, 0.717) is 19.3 Å². The molecule has 0 spiro atoms. The summed E-state index contributed by atoms with van der Waals surface area (Å²) in [4.78, 5) is 129. The molecule has 0 heterocycles. The number of aliphatic carboxylic acids is 3. The first kappa shape index (κ1) is 64.7. The third kappa shape index (κ3) is 25.1. The topological polar surface area (TPSA) is 307 Å². The van der Waals surface area contributed by atoms with Crippen LogP contribution in [0, 0.1) is 5.92 Å². The van der Waals surface area contributed by atoms with Gasteiger partial charge in [0.1, 0.15) is 30.0 Å². The number of carbonyl (C=O) groups is 10. The van der Waals surface area contributed by atoms with Crippen molar-refractivity contribution in [3.63, 3.8) is 0 Å². The number of thioether (sulfide) groups is 1. The molecule has 2 aromatic carbocycles. The number of hydrogen-bond acceptors (Lipinski definition) is 14. The maximum absolute atomic E-state index is 14.2. The van der Waals surface area contributed by atoms with E-state index in [-0.39, 0.29) is 99.1 Å². The smallest absolute Gasteiger partial charge is 0.327 e. The molecule has 0 bridgehead atoms. The molecule has 0 saturated carbocycles. The molecule has 414 valence electrons. The van der Waals surface area contributed by atoms with Gasteiger partial charge in [0, 0.05) is 64.4 Å². The molecule has 23 heteroatoms. The first-order chi connectivity index (χ1) is 35.7. The number of unbranched alkanes of at least 4 members (excludes halogenated alkanes) is 5. The van der Waals surface area contributed by atoms with Crippen molar-refractivity contribution in [1.82, 2.24) is 36.4 Å². The van der Waals surface area contributed by atoms with E-state index in [9.17, 15) is 58.2 Å². The van der Waals surface area contributed by atoms with Crippen LogP contribution in [0.25, 0.3) is 0 Å². The summed E-state index contributed by atoms with van der Waals surface area (Å²) in [7, 11) is 4.33. The van der Waals surface area contributed by atoms with Crippen LogP contribution in [-0.2, 0) is 65.5 Å². The van der Waals surface area contributed by atoms with Gasteiger partial charge in [0.2, 0.25) is 23.6 Å². The molecule has 0 aliphatic rings. The third-order valence-corrected chi connectivity index (χ3v) is 13.4. The zero-order valence-electron chi connectivity index (χ0n) is 43.5. The molecule has 0 radical (unpaired) electrons. The van der Waals surface area contributed by atoms with Crippen molar-refractivity contribution < 1.29 is 68.0 Å². The van der Waals surface area contributed by atoms with Crippen molar-refractivity contribution in [3.05, 3.63) is 71.8 Å². The molecule has 7 atom stereocenters. The van der Waals surface area contributed by atoms with E-state index in [0.717, 1.165) is 35.3 Å². The number of amides is 4. The minimum Gasteiger partial charge on any atom is -0.481 e. The summed E-state index contributed by atoms with van der Waals surface area (Å²) in [6.07, 6.45) is 4.85. The minimum atomic E-state index is -1.25. The van der Waals surface area contributed by atoms with Crippen LogP contribution < -0.4 is 26.6 Å². The maximum Gasteiger partial charge on any atom is 0.327 e. The Labute approximate surface area is 448 Å². The minimum absolute atomic E-state index is 0.0241. The van der Waals surface area contributed by atoms with Gasteiger partial charge in [-0.3, -0.25) is 38.4 Å². The van der Waals surface area contributed by atoms with E-state index < -0.39 is 78.0 Å². The predicted octanol–water partition coefficient (Wildman–Crippen LogP) is 3.11. The van der Waals surface area contributed by atoms with E-state index in [2.05, 4.69) is 26.6 Å². The van der Waals surface area contributed by atoms with Crippen molar-refractivity contribution in [2.75, 3.05) is 39.7 Å². The second kappa shape index (κ2) is 35.7. The quantitative estimate of drug-likeness (QED) is 0.0206. The molecular formula is C52H75N7O14S2. The normalized spacial score (nSPS) is 13.7. The third-order valence-electron chi connectivity index (χ3n) is 12.5. The average molecular weight is 1090 g/mol. The summed E-state index contributed by atoms with van der Waals surface area (Å²) >= 11 is 6.37. The summed E-state index contributed by atoms with van der Waals surface area (Å²) in [5, 5.41) is 41.8. The lowest BCUT2D eigenvalue weighted by Gasteiger charge is -2.33. The molecule has 75 heavy (non-hydrogen) atoms. The fourth-order valence-corrected chi connectivity index (χ4v) is 8.92. The largest absolute Gasteiger partial charge is 0.481 e. The van der Waals surface area contributed by atoms with Crippen LogP contribution in [0.3, 0.4) is 0 Å². The number of carboxylic acids is 3. The fraction of sp³-hybridized carbons (Fsp3) is 0.558. The van der Waals surface area contributed by atoms with Crippen LogP contribution in [0.4, 0.5) is 0 Å². The highest BCUT2D eigenvalue weighted by molar-refractivity contribution is 7.98. The number of ether oxygens (including phenoxy) is 1. The first-order valence-electron chi connectivity index (χ1n) is 24.9. The van der Waals surface area contributed by atoms with Crippen LogP contribution in [-0.4, -0.2) is 166 Å². The zero-order valence-corrected chi connectivity index (χ0v) is 45.1. The SMILES string of the molecule is CN[C@@H](CNC(=O)[C@@H](CC(=O)[C@H](Cc1ccccc1)NC(=O)CCCCCCCCC(=O)CC[C@@H](NC(=S)N[C@H](CCC(=O)O)OC=O)C(=O)O)Cc1ccccc1)C(=O)N(C)[C@@H](C)C(=O)N(C)[C@@H](CSC)C(=O)O. The number of Topliss-reactive ketones (excluding diaryl/α,β-unsaturated/α-hetero) is 2. The monoisotopic (exact) mass is 1090 g/mol. The summed E-state index contributed by atoms with van der Waals surface area (Å²) in [5.74, 6) is -6.66. The number of rotatable bonds is 39. The van der Waals surface area contributed by atoms with Gasteiger partial charge in [-0.15, -0.1) is 0 Å². The molecule has 0 fully saturated rings. The van der Waals surface area contributed by atoms with Gasteiger partial charge in [0.25, 0.3) is 6.47 Å². The van der Waals surface area contributed by atoms with Crippen LogP contribution in [0.1, 0.15) is 102 Å². The van der Waals surface area contributed by atoms with Crippen LogP contribution in [0.15, 0.2) is 60.7 Å². The highest BCUT2D eigenvalue weighted by atomic mass is 32.2. The Morgan fingerprint density at radius 1 is 0.693 bits per heavy atom. The van der Waals surface area contributed by atoms with E-state index in [1.54, 1.807) is 6.26 Å². The number of nitrogens with zero attached hydrogens (tertiary/aromatic N) is 2. The lowest BCUT2D eigenvalue weighted by molar-refractivity contribution is -0.151. The standard InChI is InChI=1S/C52H75N7O14S2/c1-34(48(67)59(4)42(32-75-5)51(71)72)58(3)49(68)41(53-2)31-54-47(66)37(28-35-18-12-10-13-19-35)30-43(62)40(29-36-20-14-11-15-21-36)55-44(63)23-17-9-7-6-8-16-22-38(61)24-25-39(50(69)70)56-52(74)57-45(73-33-60)26-27-46(64)65/h10-15,18-21,33-34,37,39-42,45,53H,6-9,16-17,22-32H2,1-5H3,(H,54,66)(H,55,63)(H,64,65)(H,69,70)(H,71,72)(H2,56,57,74)/t34-,37+,39+,40-,41-,42-,45-/m0/s1. The lowest BCUT2D eigenvalue weighted by atomic mass is 9.89. The second-order valence-electron chi connectivity index (χ2n) is 18.2. The molecule has 0 unspecified atom stereocenters. The number of hydrogen-bond donors (Lipinski definition) is 8. The molecule has 0 aromatic heterocycles. The summed E-state index contributed by atoms with van der Waals surface area (Å²) in [6, 6.07) is 13.1. The van der Waals surface area contributed by atoms with Gasteiger partial charge in [0.05, 0.1) is 12.5 Å². The number of carbonyl (C=O) groups excluding carboxylic acids is 7. The molecule has 8 N–H and O–H groups in total. The molecule has 0 aliphatic heterocycles. The van der Waals surface area contributed by atoms with Crippen molar-refractivity contribution in [3.8, 4) is 0 Å². The van der Waals surface area contributed by atoms with Gasteiger partial charge in [0.15, 0.2) is 17.1 Å². The Kier molecular flexibility index (Phi) is 30.8. The van der Waals surface area contributed by atoms with Gasteiger partial charge in [-0.2, -0.15) is 11.8 Å². The van der Waals surface area contributed by atoms with Crippen molar-refractivity contribution in [2.45, 2.75) is 140 Å². The highest BCUT2D eigenvalue weighted by Crippen LogP contribution is 2.18. The van der Waals surface area contributed by atoms with Crippen molar-refractivity contribution >= 4 is 88.7 Å². The van der Waals surface area contributed by atoms with E-state index in [4.69, 9.17) is 22.1 Å². The molecule has 2 rings (SSSR count). The van der Waals surface area contributed by atoms with Crippen molar-refractivity contribution in [2.24, 2.45) is 5.92 Å². The number of thiocarbonyl (C=S) groups is 1. The Hall–Kier alpha value is -6.46. The van der Waals surface area contributed by atoms with Crippen molar-refractivity contribution in [1.29, 1.82) is 0 Å². The highest BCUT2D eigenvalue weighted by Gasteiger charge is 2.35. The van der Waals surface area contributed by atoms with Crippen LogP contribution in [0.2, 0.25) is 0 Å². The zero-order chi connectivity index (χ0) is 55.9. The second-order valence-corrected chi connectivity index (χ2v) is 19.5. The molecular weight excluding hydrogens is 1010 g/mol. The van der Waals surface area contributed by atoms with Gasteiger partial charge >= 0.3 is 17.9 Å². The van der Waals surface area contributed by atoms with Crippen LogP contribution >= 0.6 is 24.0 Å². The molecule has 0 saturated heterocycles. The lowest BCUT2D eigenvalue weighted by Crippen LogP contribution is -2.57. The number of benzene rings is 2. The summed E-state index contributed by atoms with van der Waals surface area (Å²) < 4.78 is 4.77. The number of carboxylic acid groups (broad SMARTS) is 3. The maximum atomic E-state index is 14.2. The Bertz CT molecular complexity index is 2190. The summed E-state index contributed by atoms with van der Waals surface area (Å²) in [6.45, 7) is 1.43. The van der Waals surface area contributed by atoms with E-state index in [1.807, 2.05) is 60.7 Å². The van der Waals surface area contributed by atoms with E-state index >= 15 is 0 Å². The fourth-order valence-electron chi connectivity index (χ4n) is 7.96. The Morgan fingerprint density at radius 3 is 1.83 bits per heavy atom. The molecule has 4 amide bonds. The Balaban J connectivity index is 1.98. The summed E-state index contributed by atoms with van der Waals surface area (Å²) in [5.41, 5.74) is 1.60. The Morgan fingerprint density at radius 2 is 1.28 bits per heavy atom. The first-order valence-corrected chi connectivity index (χ1v) is 26.7. The number of nitrogens with one attached hydrogen (secondary N) is 5. The predicted molar refractivity (Wildman–Crippen MR) is 285 cm³/mol. The van der Waals surface area contributed by atoms with Gasteiger partial charge < -0.3 is 56.4 Å². The number of likely N-dealkylation sites (N-methyl/N-ethyl adjacent to an activating group) is 3.